The van der Waals surface area contributed by atoms with Crippen molar-refractivity contribution in [1.29, 1.82) is 0 Å². The lowest BCUT2D eigenvalue weighted by atomic mass is 9.87. The fourth-order valence-electron chi connectivity index (χ4n) is 2.58. The van der Waals surface area contributed by atoms with Gasteiger partial charge in [0, 0.05) is 35.3 Å². The van der Waals surface area contributed by atoms with Crippen molar-refractivity contribution in [2.45, 2.75) is 13.2 Å². The number of nitrogens with zero attached hydrogens (tertiary/aromatic N) is 1. The summed E-state index contributed by atoms with van der Waals surface area (Å²) >= 11 is 0. The number of aromatic nitrogens is 1. The zero-order chi connectivity index (χ0) is 16.1. The van der Waals surface area contributed by atoms with Crippen LogP contribution in [0, 0.1) is 0 Å². The number of hydrogen-bond acceptors (Lipinski definition) is 4. The molecule has 0 radical (unpaired) electrons. The molecule has 4 nitrogen and oxygen atoms in total. The lowest BCUT2D eigenvalue weighted by molar-refractivity contribution is 0.326. The Labute approximate surface area is 136 Å². The number of hydrogen-bond donors (Lipinski definition) is 2. The highest BCUT2D eigenvalue weighted by Crippen LogP contribution is 2.31. The molecule has 0 spiro atoms. The van der Waals surface area contributed by atoms with E-state index in [2.05, 4.69) is 10.2 Å². The predicted octanol–water partition coefficient (Wildman–Crippen LogP) is 3.38. The minimum absolute atomic E-state index is 0.600. The van der Waals surface area contributed by atoms with E-state index in [4.69, 9.17) is 4.74 Å². The highest BCUT2D eigenvalue weighted by molar-refractivity contribution is 6.53. The van der Waals surface area contributed by atoms with Crippen molar-refractivity contribution in [2.75, 3.05) is 11.8 Å². The molecule has 0 saturated heterocycles. The van der Waals surface area contributed by atoms with Crippen LogP contribution in [0.3, 0.4) is 0 Å². The Morgan fingerprint density at radius 3 is 2.52 bits per heavy atom. The quantitative estimate of drug-likeness (QED) is 0.686. The fourth-order valence-corrected chi connectivity index (χ4v) is 2.58. The first-order valence-corrected chi connectivity index (χ1v) is 7.72. The molecule has 0 amide bonds. The number of benzene rings is 2. The molecule has 0 fully saturated rings. The van der Waals surface area contributed by atoms with E-state index in [-0.39, 0.29) is 0 Å². The van der Waals surface area contributed by atoms with Crippen LogP contribution >= 0.6 is 0 Å². The summed E-state index contributed by atoms with van der Waals surface area (Å²) in [6.45, 7) is 2.31. The molecular formula is C18H19BN2O2. The molecule has 2 aromatic carbocycles. The molecule has 0 aliphatic carbocycles. The van der Waals surface area contributed by atoms with E-state index >= 15 is 0 Å². The van der Waals surface area contributed by atoms with Crippen LogP contribution in [-0.2, 0) is 6.42 Å². The molecule has 0 atom stereocenters. The van der Waals surface area contributed by atoms with E-state index in [0.717, 1.165) is 28.6 Å². The molecule has 0 bridgehead atoms. The Morgan fingerprint density at radius 1 is 1.04 bits per heavy atom. The second kappa shape index (κ2) is 7.16. The van der Waals surface area contributed by atoms with Crippen molar-refractivity contribution in [3.63, 3.8) is 0 Å². The van der Waals surface area contributed by atoms with Crippen LogP contribution in [0.4, 0.5) is 5.69 Å². The maximum absolute atomic E-state index is 9.55. The Balaban J connectivity index is 1.78. The Hall–Kier alpha value is -2.53. The molecule has 3 rings (SSSR count). The van der Waals surface area contributed by atoms with Crippen LogP contribution in [0.15, 0.2) is 60.9 Å². The van der Waals surface area contributed by atoms with Crippen LogP contribution in [0.2, 0.25) is 6.82 Å². The van der Waals surface area contributed by atoms with E-state index < -0.39 is 7.05 Å². The van der Waals surface area contributed by atoms with Gasteiger partial charge in [0.1, 0.15) is 5.75 Å². The largest absolute Gasteiger partial charge is 0.493 e. The average Bonchev–Trinajstić information content (AvgIpc) is 2.57. The van der Waals surface area contributed by atoms with Gasteiger partial charge in [-0.3, -0.25) is 4.98 Å². The zero-order valence-corrected chi connectivity index (χ0v) is 13.1. The monoisotopic (exact) mass is 306 g/mol. The fraction of sp³-hybridized carbons (Fsp3) is 0.167. The molecule has 0 unspecified atom stereocenters. The van der Waals surface area contributed by atoms with E-state index in [9.17, 15) is 5.02 Å². The van der Waals surface area contributed by atoms with E-state index in [1.807, 2.05) is 48.5 Å². The molecule has 23 heavy (non-hydrogen) atoms. The molecule has 1 aromatic heterocycles. The van der Waals surface area contributed by atoms with Gasteiger partial charge in [0.25, 0.3) is 0 Å². The molecular weight excluding hydrogens is 287 g/mol. The first-order chi connectivity index (χ1) is 11.2. The zero-order valence-electron chi connectivity index (χ0n) is 13.1. The topological polar surface area (TPSA) is 54.4 Å². The number of nitrogens with one attached hydrogen (secondary N) is 1. The summed E-state index contributed by atoms with van der Waals surface area (Å²) in [6, 6.07) is 15.9. The summed E-state index contributed by atoms with van der Waals surface area (Å²) in [4.78, 5) is 4.02. The SMILES string of the molecule is CB(O)Nc1ccc(OCCc2ccncc2)c2ccccc12. The molecule has 116 valence electrons. The van der Waals surface area contributed by atoms with Crippen molar-refractivity contribution >= 4 is 23.5 Å². The van der Waals surface area contributed by atoms with Gasteiger partial charge in [-0.05, 0) is 36.7 Å². The Kier molecular flexibility index (Phi) is 4.78. The predicted molar refractivity (Wildman–Crippen MR) is 94.8 cm³/mol. The van der Waals surface area contributed by atoms with E-state index in [1.54, 1.807) is 19.2 Å². The molecule has 1 heterocycles. The van der Waals surface area contributed by atoms with Crippen molar-refractivity contribution in [3.05, 3.63) is 66.5 Å². The number of fused-ring (bicyclic) bond motifs is 1. The third-order valence-electron chi connectivity index (χ3n) is 3.65. The first-order valence-electron chi connectivity index (χ1n) is 7.72. The van der Waals surface area contributed by atoms with Gasteiger partial charge in [0.2, 0.25) is 0 Å². The molecule has 0 aliphatic rings. The molecule has 3 aromatic rings. The third-order valence-corrected chi connectivity index (χ3v) is 3.65. The number of pyridine rings is 1. The van der Waals surface area contributed by atoms with Gasteiger partial charge in [-0.25, -0.2) is 0 Å². The Bertz CT molecular complexity index is 778. The highest BCUT2D eigenvalue weighted by atomic mass is 16.5. The minimum atomic E-state index is -0.600. The molecule has 0 saturated carbocycles. The molecule has 0 aliphatic heterocycles. The van der Waals surface area contributed by atoms with Crippen molar-refractivity contribution in [3.8, 4) is 5.75 Å². The number of rotatable bonds is 6. The summed E-state index contributed by atoms with van der Waals surface area (Å²) < 4.78 is 5.97. The van der Waals surface area contributed by atoms with E-state index in [0.29, 0.717) is 6.61 Å². The lowest BCUT2D eigenvalue weighted by Gasteiger charge is -2.14. The van der Waals surface area contributed by atoms with Crippen LogP contribution < -0.4 is 9.96 Å². The van der Waals surface area contributed by atoms with Gasteiger partial charge in [-0.1, -0.05) is 24.3 Å². The third kappa shape index (κ3) is 3.82. The second-order valence-electron chi connectivity index (χ2n) is 5.43. The lowest BCUT2D eigenvalue weighted by Crippen LogP contribution is -2.19. The van der Waals surface area contributed by atoms with Crippen LogP contribution in [0.1, 0.15) is 5.56 Å². The Morgan fingerprint density at radius 2 is 1.78 bits per heavy atom. The normalized spacial score (nSPS) is 10.5. The van der Waals surface area contributed by atoms with Crippen molar-refractivity contribution in [1.82, 2.24) is 4.98 Å². The van der Waals surface area contributed by atoms with Gasteiger partial charge in [0.15, 0.2) is 0 Å². The van der Waals surface area contributed by atoms with E-state index in [1.165, 1.54) is 5.56 Å². The highest BCUT2D eigenvalue weighted by Gasteiger charge is 2.09. The molecule has 5 heteroatoms. The van der Waals surface area contributed by atoms with Crippen molar-refractivity contribution in [2.24, 2.45) is 0 Å². The maximum atomic E-state index is 9.55. The average molecular weight is 306 g/mol. The smallest absolute Gasteiger partial charge is 0.406 e. The molecule has 2 N–H and O–H groups in total. The van der Waals surface area contributed by atoms with Crippen LogP contribution in [0.5, 0.6) is 5.75 Å². The minimum Gasteiger partial charge on any atom is -0.493 e. The maximum Gasteiger partial charge on any atom is 0.406 e. The summed E-state index contributed by atoms with van der Waals surface area (Å²) in [6.07, 6.45) is 4.42. The van der Waals surface area contributed by atoms with Gasteiger partial charge in [0.05, 0.1) is 6.61 Å². The summed E-state index contributed by atoms with van der Waals surface area (Å²) in [5, 5.41) is 14.7. The van der Waals surface area contributed by atoms with Gasteiger partial charge in [-0.2, -0.15) is 0 Å². The standard InChI is InChI=1S/C18H19BN2O2/c1-19(22)21-17-6-7-18(16-5-3-2-4-15(16)17)23-13-10-14-8-11-20-12-9-14/h2-9,11-12,21-22H,10,13H2,1H3. The second-order valence-corrected chi connectivity index (χ2v) is 5.43. The van der Waals surface area contributed by atoms with Gasteiger partial charge in [-0.15, -0.1) is 0 Å². The summed E-state index contributed by atoms with van der Waals surface area (Å²) in [7, 11) is -0.600. The van der Waals surface area contributed by atoms with Crippen LogP contribution in [0.25, 0.3) is 10.8 Å². The first kappa shape index (κ1) is 15.4. The number of anilines is 1. The van der Waals surface area contributed by atoms with Crippen LogP contribution in [-0.4, -0.2) is 23.7 Å². The van der Waals surface area contributed by atoms with Crippen molar-refractivity contribution < 1.29 is 9.76 Å². The van der Waals surface area contributed by atoms with Gasteiger partial charge < -0.3 is 15.0 Å². The van der Waals surface area contributed by atoms with Gasteiger partial charge >= 0.3 is 7.05 Å². The summed E-state index contributed by atoms with van der Waals surface area (Å²) in [5.41, 5.74) is 2.11. The summed E-state index contributed by atoms with van der Waals surface area (Å²) in [5.74, 6) is 0.853. The number of ether oxygens (including phenoxy) is 1.